The molecular formula is C7H14FN. The Hall–Kier alpha value is -0.110. The molecule has 0 bridgehead atoms. The van der Waals surface area contributed by atoms with E-state index in [1.54, 1.807) is 0 Å². The predicted molar refractivity (Wildman–Crippen MR) is 35.9 cm³/mol. The van der Waals surface area contributed by atoms with Crippen LogP contribution < -0.4 is 5.73 Å². The molecule has 3 atom stereocenters. The lowest BCUT2D eigenvalue weighted by Gasteiger charge is -2.28. The summed E-state index contributed by atoms with van der Waals surface area (Å²) >= 11 is 0. The third-order valence-corrected chi connectivity index (χ3v) is 2.21. The Kier molecular flexibility index (Phi) is 2.06. The van der Waals surface area contributed by atoms with Crippen molar-refractivity contribution in [3.63, 3.8) is 0 Å². The van der Waals surface area contributed by atoms with E-state index in [-0.39, 0.29) is 6.04 Å². The number of halogens is 1. The Labute approximate surface area is 55.4 Å². The molecule has 0 aromatic rings. The van der Waals surface area contributed by atoms with Crippen molar-refractivity contribution >= 4 is 0 Å². The number of rotatable bonds is 0. The standard InChI is InChI=1S/C7H14FN/c1-5-3-2-4-6(8)7(5)9/h5-7H,2-4,9H2,1H3/t5-,6+,7+/m1/s1. The zero-order chi connectivity index (χ0) is 6.85. The molecule has 2 heteroatoms. The minimum absolute atomic E-state index is 0.196. The lowest BCUT2D eigenvalue weighted by atomic mass is 9.85. The summed E-state index contributed by atoms with van der Waals surface area (Å²) < 4.78 is 12.7. The van der Waals surface area contributed by atoms with Crippen molar-refractivity contribution in [1.29, 1.82) is 0 Å². The maximum Gasteiger partial charge on any atom is 0.115 e. The molecule has 0 radical (unpaired) electrons. The first-order chi connectivity index (χ1) is 4.22. The molecule has 0 amide bonds. The minimum atomic E-state index is -0.742. The summed E-state index contributed by atoms with van der Waals surface area (Å²) in [6.45, 7) is 2.02. The van der Waals surface area contributed by atoms with Crippen molar-refractivity contribution in [1.82, 2.24) is 0 Å². The molecule has 1 fully saturated rings. The van der Waals surface area contributed by atoms with Crippen LogP contribution in [0.3, 0.4) is 0 Å². The average Bonchev–Trinajstić information content (AvgIpc) is 1.83. The van der Waals surface area contributed by atoms with Gasteiger partial charge < -0.3 is 5.73 Å². The molecule has 1 aliphatic rings. The number of nitrogens with two attached hydrogens (primary N) is 1. The van der Waals surface area contributed by atoms with E-state index in [1.807, 2.05) is 6.92 Å². The average molecular weight is 131 g/mol. The van der Waals surface area contributed by atoms with Gasteiger partial charge in [0.25, 0.3) is 0 Å². The first-order valence-electron chi connectivity index (χ1n) is 3.61. The first-order valence-corrected chi connectivity index (χ1v) is 3.61. The molecule has 0 aromatic carbocycles. The van der Waals surface area contributed by atoms with Gasteiger partial charge in [-0.1, -0.05) is 13.3 Å². The van der Waals surface area contributed by atoms with Crippen LogP contribution in [0.25, 0.3) is 0 Å². The minimum Gasteiger partial charge on any atom is -0.325 e. The summed E-state index contributed by atoms with van der Waals surface area (Å²) in [5.41, 5.74) is 5.55. The molecule has 1 nitrogen and oxygen atoms in total. The van der Waals surface area contributed by atoms with Gasteiger partial charge in [0.2, 0.25) is 0 Å². The van der Waals surface area contributed by atoms with Gasteiger partial charge in [-0.3, -0.25) is 0 Å². The molecule has 0 aliphatic heterocycles. The SMILES string of the molecule is C[C@@H]1CCC[C@H](F)[C@H]1N. The first kappa shape index (κ1) is 7.00. The Morgan fingerprint density at radius 2 is 2.11 bits per heavy atom. The monoisotopic (exact) mass is 131 g/mol. The third kappa shape index (κ3) is 1.42. The van der Waals surface area contributed by atoms with Gasteiger partial charge in [0, 0.05) is 6.04 Å². The molecule has 0 saturated heterocycles. The summed E-state index contributed by atoms with van der Waals surface area (Å²) in [6.07, 6.45) is 2.04. The van der Waals surface area contributed by atoms with Crippen LogP contribution in [0.2, 0.25) is 0 Å². The Morgan fingerprint density at radius 3 is 2.56 bits per heavy atom. The highest BCUT2D eigenvalue weighted by molar-refractivity contribution is 4.82. The maximum atomic E-state index is 12.7. The fourth-order valence-corrected chi connectivity index (χ4v) is 1.38. The van der Waals surface area contributed by atoms with E-state index in [0.717, 1.165) is 12.8 Å². The highest BCUT2D eigenvalue weighted by atomic mass is 19.1. The fraction of sp³-hybridized carbons (Fsp3) is 1.00. The van der Waals surface area contributed by atoms with Gasteiger partial charge in [0.05, 0.1) is 0 Å². The topological polar surface area (TPSA) is 26.0 Å². The molecule has 0 aromatic heterocycles. The van der Waals surface area contributed by atoms with Crippen LogP contribution in [0.5, 0.6) is 0 Å². The summed E-state index contributed by atoms with van der Waals surface area (Å²) in [4.78, 5) is 0. The van der Waals surface area contributed by atoms with Gasteiger partial charge in [0.1, 0.15) is 6.17 Å². The normalized spacial score (nSPS) is 45.0. The summed E-state index contributed by atoms with van der Waals surface area (Å²) in [5.74, 6) is 0.383. The van der Waals surface area contributed by atoms with E-state index >= 15 is 0 Å². The van der Waals surface area contributed by atoms with Crippen molar-refractivity contribution < 1.29 is 4.39 Å². The van der Waals surface area contributed by atoms with Crippen molar-refractivity contribution in [3.8, 4) is 0 Å². The zero-order valence-electron chi connectivity index (χ0n) is 5.81. The van der Waals surface area contributed by atoms with Gasteiger partial charge in [-0.05, 0) is 18.8 Å². The van der Waals surface area contributed by atoms with E-state index in [0.29, 0.717) is 12.3 Å². The second kappa shape index (κ2) is 2.65. The molecule has 0 spiro atoms. The van der Waals surface area contributed by atoms with Crippen LogP contribution in [0, 0.1) is 5.92 Å². The lowest BCUT2D eigenvalue weighted by molar-refractivity contribution is 0.172. The smallest absolute Gasteiger partial charge is 0.115 e. The summed E-state index contributed by atoms with van der Waals surface area (Å²) in [6, 6.07) is -0.196. The molecule has 0 unspecified atom stereocenters. The van der Waals surface area contributed by atoms with Crippen LogP contribution in [0.1, 0.15) is 26.2 Å². The van der Waals surface area contributed by atoms with Crippen molar-refractivity contribution in [2.45, 2.75) is 38.4 Å². The van der Waals surface area contributed by atoms with Crippen LogP contribution in [-0.2, 0) is 0 Å². The lowest BCUT2D eigenvalue weighted by Crippen LogP contribution is -2.40. The summed E-state index contributed by atoms with van der Waals surface area (Å²) in [7, 11) is 0. The number of hydrogen-bond donors (Lipinski definition) is 1. The van der Waals surface area contributed by atoms with Crippen LogP contribution in [0.15, 0.2) is 0 Å². The zero-order valence-corrected chi connectivity index (χ0v) is 5.81. The van der Waals surface area contributed by atoms with Gasteiger partial charge in [-0.25, -0.2) is 4.39 Å². The van der Waals surface area contributed by atoms with E-state index in [2.05, 4.69) is 0 Å². The summed E-state index contributed by atoms with van der Waals surface area (Å²) in [5, 5.41) is 0. The Balaban J connectivity index is 2.41. The fourth-order valence-electron chi connectivity index (χ4n) is 1.38. The van der Waals surface area contributed by atoms with E-state index in [9.17, 15) is 4.39 Å². The molecule has 9 heavy (non-hydrogen) atoms. The quantitative estimate of drug-likeness (QED) is 0.529. The molecular weight excluding hydrogens is 117 g/mol. The van der Waals surface area contributed by atoms with E-state index in [4.69, 9.17) is 5.73 Å². The van der Waals surface area contributed by atoms with Gasteiger partial charge >= 0.3 is 0 Å². The predicted octanol–water partition coefficient (Wildman–Crippen LogP) is 1.47. The van der Waals surface area contributed by atoms with Gasteiger partial charge in [0.15, 0.2) is 0 Å². The van der Waals surface area contributed by atoms with Crippen molar-refractivity contribution in [2.24, 2.45) is 11.7 Å². The van der Waals surface area contributed by atoms with Crippen molar-refractivity contribution in [2.75, 3.05) is 0 Å². The van der Waals surface area contributed by atoms with Gasteiger partial charge in [-0.15, -0.1) is 0 Å². The van der Waals surface area contributed by atoms with E-state index < -0.39 is 6.17 Å². The molecule has 2 N–H and O–H groups in total. The molecule has 1 aliphatic carbocycles. The second-order valence-electron chi connectivity index (χ2n) is 3.00. The number of alkyl halides is 1. The third-order valence-electron chi connectivity index (χ3n) is 2.21. The van der Waals surface area contributed by atoms with E-state index in [1.165, 1.54) is 0 Å². The Morgan fingerprint density at radius 1 is 1.44 bits per heavy atom. The highest BCUT2D eigenvalue weighted by Crippen LogP contribution is 2.24. The number of hydrogen-bond acceptors (Lipinski definition) is 1. The second-order valence-corrected chi connectivity index (χ2v) is 3.00. The molecule has 1 rings (SSSR count). The van der Waals surface area contributed by atoms with Crippen LogP contribution in [0.4, 0.5) is 4.39 Å². The molecule has 0 heterocycles. The van der Waals surface area contributed by atoms with Crippen LogP contribution in [-0.4, -0.2) is 12.2 Å². The van der Waals surface area contributed by atoms with Crippen molar-refractivity contribution in [3.05, 3.63) is 0 Å². The van der Waals surface area contributed by atoms with Crippen LogP contribution >= 0.6 is 0 Å². The largest absolute Gasteiger partial charge is 0.325 e. The maximum absolute atomic E-state index is 12.7. The Bertz CT molecular complexity index is 84.9. The highest BCUT2D eigenvalue weighted by Gasteiger charge is 2.26. The molecule has 1 saturated carbocycles. The van der Waals surface area contributed by atoms with Gasteiger partial charge in [-0.2, -0.15) is 0 Å². The molecule has 54 valence electrons.